The first-order chi connectivity index (χ1) is 9.10. The van der Waals surface area contributed by atoms with Crippen molar-refractivity contribution in [1.29, 1.82) is 0 Å². The predicted octanol–water partition coefficient (Wildman–Crippen LogP) is 4.91. The average Bonchev–Trinajstić information content (AvgIpc) is 2.72. The fourth-order valence-electron chi connectivity index (χ4n) is 2.83. The van der Waals surface area contributed by atoms with Crippen LogP contribution in [0.1, 0.15) is 60.7 Å². The van der Waals surface area contributed by atoms with Gasteiger partial charge in [-0.2, -0.15) is 0 Å². The molecule has 4 heteroatoms. The minimum Gasteiger partial charge on any atom is -0.349 e. The summed E-state index contributed by atoms with van der Waals surface area (Å²) in [4.78, 5) is 13.0. The molecule has 1 N–H and O–H groups in total. The van der Waals surface area contributed by atoms with Crippen molar-refractivity contribution in [2.45, 2.75) is 58.4 Å². The summed E-state index contributed by atoms with van der Waals surface area (Å²) >= 11 is 5.00. The first-order valence-corrected chi connectivity index (χ1v) is 8.78. The van der Waals surface area contributed by atoms with Crippen LogP contribution < -0.4 is 5.32 Å². The summed E-state index contributed by atoms with van der Waals surface area (Å²) in [7, 11) is 0. The van der Waals surface area contributed by atoms with E-state index < -0.39 is 0 Å². The van der Waals surface area contributed by atoms with Crippen molar-refractivity contribution in [3.05, 3.63) is 20.3 Å². The first-order valence-electron chi connectivity index (χ1n) is 7.17. The van der Waals surface area contributed by atoms with Gasteiger partial charge in [0.05, 0.1) is 8.66 Å². The maximum atomic E-state index is 12.2. The Labute approximate surface area is 128 Å². The molecule has 0 aromatic carbocycles. The zero-order valence-electron chi connectivity index (χ0n) is 11.7. The summed E-state index contributed by atoms with van der Waals surface area (Å²) < 4.78 is 1.06. The van der Waals surface area contributed by atoms with E-state index in [1.807, 2.05) is 13.0 Å². The molecule has 1 amide bonds. The van der Waals surface area contributed by atoms with Gasteiger partial charge in [-0.1, -0.05) is 19.8 Å². The molecular weight excluding hydrogens is 322 g/mol. The van der Waals surface area contributed by atoms with Gasteiger partial charge in [0.1, 0.15) is 0 Å². The molecule has 1 saturated carbocycles. The van der Waals surface area contributed by atoms with Crippen molar-refractivity contribution in [3.63, 3.8) is 0 Å². The number of halogens is 1. The predicted molar refractivity (Wildman–Crippen MR) is 84.9 cm³/mol. The molecule has 1 aliphatic rings. The summed E-state index contributed by atoms with van der Waals surface area (Å²) in [5.74, 6) is 0.981. The standard InChI is InChI=1S/C15H22BrNOS/c1-3-4-11-5-7-12(8-6-11)17-15(18)13-9-10(2)14(16)19-13/h9,11-12H,3-8H2,1-2H3,(H,17,18). The quantitative estimate of drug-likeness (QED) is 0.826. The van der Waals surface area contributed by atoms with Gasteiger partial charge >= 0.3 is 0 Å². The maximum Gasteiger partial charge on any atom is 0.261 e. The molecule has 0 radical (unpaired) electrons. The molecule has 19 heavy (non-hydrogen) atoms. The highest BCUT2D eigenvalue weighted by molar-refractivity contribution is 9.11. The second-order valence-electron chi connectivity index (χ2n) is 5.55. The van der Waals surface area contributed by atoms with Crippen molar-refractivity contribution >= 4 is 33.2 Å². The van der Waals surface area contributed by atoms with Gasteiger partial charge in [-0.05, 0) is 66.1 Å². The lowest BCUT2D eigenvalue weighted by molar-refractivity contribution is 0.0925. The van der Waals surface area contributed by atoms with Gasteiger partial charge < -0.3 is 5.32 Å². The Hall–Kier alpha value is -0.350. The van der Waals surface area contributed by atoms with Gasteiger partial charge in [0.15, 0.2) is 0 Å². The summed E-state index contributed by atoms with van der Waals surface area (Å²) in [5.41, 5.74) is 1.14. The minimum atomic E-state index is 0.0951. The van der Waals surface area contributed by atoms with Crippen LogP contribution in [0.3, 0.4) is 0 Å². The van der Waals surface area contributed by atoms with E-state index in [-0.39, 0.29) is 5.91 Å². The van der Waals surface area contributed by atoms with E-state index >= 15 is 0 Å². The van der Waals surface area contributed by atoms with Crippen molar-refractivity contribution in [1.82, 2.24) is 5.32 Å². The lowest BCUT2D eigenvalue weighted by Crippen LogP contribution is -2.37. The van der Waals surface area contributed by atoms with Crippen LogP contribution in [0, 0.1) is 12.8 Å². The highest BCUT2D eigenvalue weighted by Crippen LogP contribution is 2.29. The number of hydrogen-bond acceptors (Lipinski definition) is 2. The Morgan fingerprint density at radius 1 is 1.42 bits per heavy atom. The largest absolute Gasteiger partial charge is 0.349 e. The van der Waals surface area contributed by atoms with E-state index in [0.29, 0.717) is 6.04 Å². The van der Waals surface area contributed by atoms with Gasteiger partial charge in [-0.3, -0.25) is 4.79 Å². The molecule has 1 aliphatic carbocycles. The van der Waals surface area contributed by atoms with Crippen molar-refractivity contribution < 1.29 is 4.79 Å². The Morgan fingerprint density at radius 2 is 2.11 bits per heavy atom. The molecule has 106 valence electrons. The van der Waals surface area contributed by atoms with E-state index in [9.17, 15) is 4.79 Å². The number of amides is 1. The molecule has 0 unspecified atom stereocenters. The van der Waals surface area contributed by atoms with Crippen LogP contribution in [0.4, 0.5) is 0 Å². The van der Waals surface area contributed by atoms with Crippen LogP contribution in [0.2, 0.25) is 0 Å². The fourth-order valence-corrected chi connectivity index (χ4v) is 4.27. The van der Waals surface area contributed by atoms with Gasteiger partial charge in [-0.15, -0.1) is 11.3 Å². The van der Waals surface area contributed by atoms with Gasteiger partial charge in [0.25, 0.3) is 5.91 Å². The monoisotopic (exact) mass is 343 g/mol. The average molecular weight is 344 g/mol. The Morgan fingerprint density at radius 3 is 2.63 bits per heavy atom. The highest BCUT2D eigenvalue weighted by atomic mass is 79.9. The second kappa shape index (κ2) is 6.89. The van der Waals surface area contributed by atoms with Crippen LogP contribution in [0.25, 0.3) is 0 Å². The number of aryl methyl sites for hydroxylation is 1. The third kappa shape index (κ3) is 4.06. The molecule has 1 aromatic rings. The summed E-state index contributed by atoms with van der Waals surface area (Å²) in [6.07, 6.45) is 7.45. The zero-order valence-corrected chi connectivity index (χ0v) is 14.1. The normalized spacial score (nSPS) is 23.3. The van der Waals surface area contributed by atoms with Crippen LogP contribution >= 0.6 is 27.3 Å². The van der Waals surface area contributed by atoms with Gasteiger partial charge in [0.2, 0.25) is 0 Å². The molecule has 2 nitrogen and oxygen atoms in total. The number of carbonyl (C=O) groups is 1. The molecule has 0 spiro atoms. The Bertz CT molecular complexity index is 416. The van der Waals surface area contributed by atoms with Crippen LogP contribution in [-0.4, -0.2) is 11.9 Å². The topological polar surface area (TPSA) is 29.1 Å². The second-order valence-corrected chi connectivity index (χ2v) is 7.92. The first kappa shape index (κ1) is 15.0. The summed E-state index contributed by atoms with van der Waals surface area (Å²) in [6, 6.07) is 2.34. The van der Waals surface area contributed by atoms with E-state index in [4.69, 9.17) is 0 Å². The maximum absolute atomic E-state index is 12.2. The molecule has 1 heterocycles. The van der Waals surface area contributed by atoms with Crippen molar-refractivity contribution in [2.75, 3.05) is 0 Å². The van der Waals surface area contributed by atoms with E-state index in [0.717, 1.165) is 33.0 Å². The smallest absolute Gasteiger partial charge is 0.261 e. The number of rotatable bonds is 4. The molecule has 0 atom stereocenters. The molecule has 2 rings (SSSR count). The van der Waals surface area contributed by atoms with Crippen LogP contribution in [0.5, 0.6) is 0 Å². The molecular formula is C15H22BrNOS. The van der Waals surface area contributed by atoms with Crippen molar-refractivity contribution in [3.8, 4) is 0 Å². The number of nitrogens with one attached hydrogen (secondary N) is 1. The Kier molecular flexibility index (Phi) is 5.46. The van der Waals surface area contributed by atoms with E-state index in [1.165, 1.54) is 37.0 Å². The number of thiophene rings is 1. The Balaban J connectivity index is 1.84. The van der Waals surface area contributed by atoms with Crippen molar-refractivity contribution in [2.24, 2.45) is 5.92 Å². The van der Waals surface area contributed by atoms with Gasteiger partial charge in [-0.25, -0.2) is 0 Å². The molecule has 1 aromatic heterocycles. The van der Waals surface area contributed by atoms with Crippen LogP contribution in [-0.2, 0) is 0 Å². The lowest BCUT2D eigenvalue weighted by atomic mass is 9.83. The molecule has 0 aliphatic heterocycles. The summed E-state index contributed by atoms with van der Waals surface area (Å²) in [6.45, 7) is 4.28. The minimum absolute atomic E-state index is 0.0951. The molecule has 0 saturated heterocycles. The summed E-state index contributed by atoms with van der Waals surface area (Å²) in [5, 5.41) is 3.19. The van der Waals surface area contributed by atoms with Crippen LogP contribution in [0.15, 0.2) is 9.85 Å². The third-order valence-electron chi connectivity index (χ3n) is 3.96. The SMILES string of the molecule is CCCC1CCC(NC(=O)c2cc(C)c(Br)s2)CC1. The lowest BCUT2D eigenvalue weighted by Gasteiger charge is -2.28. The van der Waals surface area contributed by atoms with E-state index in [2.05, 4.69) is 28.2 Å². The van der Waals surface area contributed by atoms with Gasteiger partial charge in [0, 0.05) is 6.04 Å². The molecule has 0 bridgehead atoms. The zero-order chi connectivity index (χ0) is 13.8. The molecule has 1 fully saturated rings. The highest BCUT2D eigenvalue weighted by Gasteiger charge is 2.22. The fraction of sp³-hybridized carbons (Fsp3) is 0.667. The number of carbonyl (C=O) groups excluding carboxylic acids is 1. The number of hydrogen-bond donors (Lipinski definition) is 1. The third-order valence-corrected chi connectivity index (χ3v) is 6.10. The van der Waals surface area contributed by atoms with E-state index in [1.54, 1.807) is 0 Å².